The Kier molecular flexibility index (Phi) is 3.49. The molecule has 4 N–H and O–H groups in total. The van der Waals surface area contributed by atoms with Crippen molar-refractivity contribution in [2.45, 2.75) is 0 Å². The van der Waals surface area contributed by atoms with Gasteiger partial charge in [0, 0.05) is 15.3 Å². The molecule has 3 nitrogen and oxygen atoms in total. The van der Waals surface area contributed by atoms with Crippen molar-refractivity contribution in [3.05, 3.63) is 4.80 Å². The predicted molar refractivity (Wildman–Crippen MR) is 29.5 cm³/mol. The molecule has 1 aromatic rings. The SMILES string of the molecule is Nc1nc(=[NH2+])ss1.[I-]. The van der Waals surface area contributed by atoms with Gasteiger partial charge in [0.15, 0.2) is 0 Å². The van der Waals surface area contributed by atoms with E-state index in [1.54, 1.807) is 0 Å². The summed E-state index contributed by atoms with van der Waals surface area (Å²) >= 11 is 0. The van der Waals surface area contributed by atoms with Gasteiger partial charge in [-0.3, -0.25) is 5.41 Å². The van der Waals surface area contributed by atoms with Crippen molar-refractivity contribution in [2.24, 2.45) is 0 Å². The minimum atomic E-state index is 0. The van der Waals surface area contributed by atoms with Crippen LogP contribution >= 0.6 is 20.7 Å². The summed E-state index contributed by atoms with van der Waals surface area (Å²) in [4.78, 5) is 4.25. The second-order valence-corrected chi connectivity index (χ2v) is 3.12. The molecule has 0 spiro atoms. The monoisotopic (exact) mass is 261 g/mol. The van der Waals surface area contributed by atoms with Crippen LogP contribution in [-0.2, 0) is 0 Å². The Labute approximate surface area is 70.5 Å². The highest BCUT2D eigenvalue weighted by Gasteiger charge is 1.95. The van der Waals surface area contributed by atoms with Gasteiger partial charge < -0.3 is 29.7 Å². The van der Waals surface area contributed by atoms with Crippen LogP contribution in [0.25, 0.3) is 0 Å². The maximum absolute atomic E-state index is 5.22. The number of nitrogens with two attached hydrogens (primary N) is 2. The first-order chi connectivity index (χ1) is 3.29. The lowest BCUT2D eigenvalue weighted by Gasteiger charge is -1.56. The summed E-state index contributed by atoms with van der Waals surface area (Å²) in [6.07, 6.45) is 0. The van der Waals surface area contributed by atoms with E-state index in [-0.39, 0.29) is 24.0 Å². The van der Waals surface area contributed by atoms with Crippen LogP contribution in [0.1, 0.15) is 0 Å². The first-order valence-corrected chi connectivity index (χ1v) is 3.75. The average molecular weight is 261 g/mol. The molecule has 1 heterocycles. The van der Waals surface area contributed by atoms with E-state index in [0.29, 0.717) is 9.93 Å². The number of hydrogen-bond donors (Lipinski definition) is 2. The highest BCUT2D eigenvalue weighted by Crippen LogP contribution is 2.04. The largest absolute Gasteiger partial charge is 1.00 e. The summed E-state index contributed by atoms with van der Waals surface area (Å²) in [5.41, 5.74) is 5.22. The molecule has 0 radical (unpaired) electrons. The molecule has 1 aromatic heterocycles. The summed E-state index contributed by atoms with van der Waals surface area (Å²) < 4.78 is 0. The zero-order chi connectivity index (χ0) is 5.28. The number of anilines is 1. The normalized spacial score (nSPS) is 8.00. The molecule has 8 heavy (non-hydrogen) atoms. The van der Waals surface area contributed by atoms with Crippen LogP contribution in [0, 0.1) is 0 Å². The molecule has 1 rings (SSSR count). The average Bonchev–Trinajstić information content (AvgIpc) is 1.87. The number of nitrogen functional groups attached to an aromatic ring is 1. The second kappa shape index (κ2) is 3.36. The molecule has 0 amide bonds. The Morgan fingerprint density at radius 2 is 2.12 bits per heavy atom. The van der Waals surface area contributed by atoms with Crippen molar-refractivity contribution in [1.82, 2.24) is 4.98 Å². The summed E-state index contributed by atoms with van der Waals surface area (Å²) in [5, 5.41) is 5.76. The van der Waals surface area contributed by atoms with Crippen LogP contribution in [0.2, 0.25) is 0 Å². The number of nitrogens with zero attached hydrogens (tertiary/aromatic N) is 1. The van der Waals surface area contributed by atoms with Gasteiger partial charge in [-0.1, -0.05) is 0 Å². The third kappa shape index (κ3) is 2.05. The van der Waals surface area contributed by atoms with Crippen LogP contribution in [0.15, 0.2) is 0 Å². The van der Waals surface area contributed by atoms with Gasteiger partial charge in [-0.15, -0.1) is 0 Å². The highest BCUT2D eigenvalue weighted by molar-refractivity contribution is 7.69. The smallest absolute Gasteiger partial charge is 0.386 e. The van der Waals surface area contributed by atoms with Gasteiger partial charge in [-0.2, -0.15) is 0 Å². The second-order valence-electron chi connectivity index (χ2n) is 0.955. The zero-order valence-electron chi connectivity index (χ0n) is 3.80. The Balaban J connectivity index is 0.000000490. The zero-order valence-corrected chi connectivity index (χ0v) is 7.59. The molecular formula is C2H4IN3S2. The summed E-state index contributed by atoms with van der Waals surface area (Å²) in [7, 11) is 2.78. The van der Waals surface area contributed by atoms with Crippen molar-refractivity contribution in [1.29, 1.82) is 0 Å². The molecule has 0 aliphatic carbocycles. The first-order valence-electron chi connectivity index (χ1n) is 1.60. The van der Waals surface area contributed by atoms with Crippen LogP contribution in [0.3, 0.4) is 0 Å². The van der Waals surface area contributed by atoms with Gasteiger partial charge in [0.1, 0.15) is 0 Å². The highest BCUT2D eigenvalue weighted by atomic mass is 127. The summed E-state index contributed by atoms with van der Waals surface area (Å²) in [6, 6.07) is 0. The fourth-order valence-electron chi connectivity index (χ4n) is 0.231. The standard InChI is InChI=1S/C2H3N3S2.HI/c3-1-5-2(4)7-6-1;/h(H3,3,4,5);1H. The molecule has 0 bridgehead atoms. The Bertz CT molecular complexity index is 203. The maximum atomic E-state index is 5.22. The minimum Gasteiger partial charge on any atom is -1.00 e. The van der Waals surface area contributed by atoms with Gasteiger partial charge in [0.25, 0.3) is 0 Å². The van der Waals surface area contributed by atoms with Crippen molar-refractivity contribution < 1.29 is 29.4 Å². The third-order valence-corrected chi connectivity index (χ3v) is 2.31. The Morgan fingerprint density at radius 3 is 2.25 bits per heavy atom. The van der Waals surface area contributed by atoms with E-state index in [0.717, 1.165) is 0 Å². The van der Waals surface area contributed by atoms with Crippen molar-refractivity contribution in [3.8, 4) is 0 Å². The molecule has 6 heteroatoms. The molecular weight excluding hydrogens is 257 g/mol. The van der Waals surface area contributed by atoms with Crippen molar-refractivity contribution in [2.75, 3.05) is 5.73 Å². The van der Waals surface area contributed by atoms with Crippen molar-refractivity contribution in [3.63, 3.8) is 0 Å². The fraction of sp³-hybridized carbons (Fsp3) is 0. The van der Waals surface area contributed by atoms with Gasteiger partial charge >= 0.3 is 9.93 Å². The molecule has 0 aliphatic rings. The van der Waals surface area contributed by atoms with E-state index in [4.69, 9.17) is 11.1 Å². The Morgan fingerprint density at radius 1 is 1.50 bits per heavy atom. The number of hydrogen-bond acceptors (Lipinski definition) is 4. The predicted octanol–water partition coefficient (Wildman–Crippen LogP) is -4.55. The van der Waals surface area contributed by atoms with Crippen molar-refractivity contribution >= 4 is 25.8 Å². The van der Waals surface area contributed by atoms with E-state index in [1.165, 1.54) is 20.7 Å². The molecule has 0 fully saturated rings. The molecule has 0 unspecified atom stereocenters. The van der Waals surface area contributed by atoms with E-state index in [2.05, 4.69) is 4.98 Å². The number of halogens is 1. The van der Waals surface area contributed by atoms with Crippen LogP contribution in [-0.4, -0.2) is 4.98 Å². The van der Waals surface area contributed by atoms with Gasteiger partial charge in [0.05, 0.1) is 0 Å². The Hall–Kier alpha value is 0.310. The van der Waals surface area contributed by atoms with Gasteiger partial charge in [-0.05, 0) is 10.3 Å². The molecule has 0 saturated carbocycles. The van der Waals surface area contributed by atoms with E-state index >= 15 is 0 Å². The molecule has 0 saturated heterocycles. The molecule has 46 valence electrons. The van der Waals surface area contributed by atoms with E-state index in [1.807, 2.05) is 0 Å². The van der Waals surface area contributed by atoms with E-state index < -0.39 is 0 Å². The number of rotatable bonds is 0. The summed E-state index contributed by atoms with van der Waals surface area (Å²) in [5.74, 6) is 0. The van der Waals surface area contributed by atoms with Crippen LogP contribution < -0.4 is 39.9 Å². The molecule has 0 aromatic carbocycles. The van der Waals surface area contributed by atoms with Crippen LogP contribution in [0.5, 0.6) is 0 Å². The van der Waals surface area contributed by atoms with Crippen LogP contribution in [0.4, 0.5) is 5.13 Å². The summed E-state index contributed by atoms with van der Waals surface area (Å²) in [6.45, 7) is 0. The van der Waals surface area contributed by atoms with Gasteiger partial charge in [-0.25, -0.2) is 0 Å². The molecule has 0 aliphatic heterocycles. The third-order valence-electron chi connectivity index (χ3n) is 0.433. The first kappa shape index (κ1) is 8.31. The topological polar surface area (TPSA) is 64.5 Å². The fourth-order valence-corrected chi connectivity index (χ4v) is 1.47. The quantitative estimate of drug-likeness (QED) is 0.365. The number of aromatic nitrogens is 1. The van der Waals surface area contributed by atoms with Gasteiger partial charge in [0.2, 0.25) is 0 Å². The van der Waals surface area contributed by atoms with E-state index in [9.17, 15) is 0 Å². The molecule has 0 atom stereocenters. The lowest BCUT2D eigenvalue weighted by atomic mass is 11.2. The minimum absolute atomic E-state index is 0. The lowest BCUT2D eigenvalue weighted by molar-refractivity contribution is -0.172. The lowest BCUT2D eigenvalue weighted by Crippen LogP contribution is -3.00. The maximum Gasteiger partial charge on any atom is 0.386 e.